The number of hydrogen-bond donors (Lipinski definition) is 8. The lowest BCUT2D eigenvalue weighted by Crippen LogP contribution is -2.32. The number of carbonyl (C=O) groups is 6. The number of hydrogen-bond acceptors (Lipinski definition) is 13. The van der Waals surface area contributed by atoms with Gasteiger partial charge >= 0.3 is 5.97 Å². The zero-order valence-corrected chi connectivity index (χ0v) is 34.5. The second-order valence-corrected chi connectivity index (χ2v) is 13.3. The first-order valence-electron chi connectivity index (χ1n) is 18.8. The van der Waals surface area contributed by atoms with E-state index in [0.717, 1.165) is 11.6 Å². The van der Waals surface area contributed by atoms with Gasteiger partial charge in [0.15, 0.2) is 34.5 Å². The van der Waals surface area contributed by atoms with Crippen molar-refractivity contribution in [2.24, 2.45) is 0 Å². The first-order valence-corrected chi connectivity index (χ1v) is 18.8. The van der Waals surface area contributed by atoms with Gasteiger partial charge in [-0.1, -0.05) is 6.07 Å². The number of aromatic carboxylic acids is 1. The number of benzene rings is 5. The van der Waals surface area contributed by atoms with Crippen LogP contribution in [0, 0.1) is 11.3 Å². The topological polar surface area (TPSA) is 284 Å². The minimum absolute atomic E-state index is 0.0103. The standard InChI is InChI=1S/C43H37N5O13.C2H3N/c1-22(18-23-4-17-32-33(19-23)61-21-60-32)39(52)46-27-11-5-24(6-12-27)40(53)44-20-34(49)45-26-9-7-25(8-10-26)41(54)47-30-15-13-28(35(50)37(30)58-2)42(55)48-31-16-14-29(43(56)57)36(51)38(31)59-3;1-2-3/h4-19,50-51H,20-21H2,1-3H3,(H,44,53)(H,45,49)(H,46,52)(H,47,54)(H,48,55)(H,56,57);1H3/b22-18+;. The fourth-order valence-corrected chi connectivity index (χ4v) is 5.92. The molecule has 1 aliphatic rings. The summed E-state index contributed by atoms with van der Waals surface area (Å²) < 4.78 is 21.0. The molecule has 0 radical (unpaired) electrons. The lowest BCUT2D eigenvalue weighted by atomic mass is 10.1. The molecule has 5 aromatic carbocycles. The predicted octanol–water partition coefficient (Wildman–Crippen LogP) is 5.99. The van der Waals surface area contributed by atoms with Crippen molar-refractivity contribution >= 4 is 64.3 Å². The number of carboxylic acids is 1. The molecule has 0 bridgehead atoms. The van der Waals surface area contributed by atoms with Gasteiger partial charge in [0.05, 0.1) is 43.8 Å². The highest BCUT2D eigenvalue weighted by Gasteiger charge is 2.24. The number of rotatable bonds is 14. The van der Waals surface area contributed by atoms with Crippen molar-refractivity contribution in [2.45, 2.75) is 13.8 Å². The number of fused-ring (bicyclic) bond motifs is 1. The SMILES string of the molecule is CC#N.COc1c(NC(=O)c2ccc(NC(=O)c3ccc(NC(=O)CNC(=O)c4ccc(NC(=O)/C(C)=C/c5ccc6c(c5)OCO6)cc4)cc3)c(OC)c2O)ccc(C(=O)O)c1O. The molecule has 328 valence electrons. The highest BCUT2D eigenvalue weighted by molar-refractivity contribution is 6.11. The van der Waals surface area contributed by atoms with E-state index in [1.54, 1.807) is 43.3 Å². The van der Waals surface area contributed by atoms with E-state index in [1.165, 1.54) is 75.7 Å². The van der Waals surface area contributed by atoms with Crippen LogP contribution in [-0.2, 0) is 9.59 Å². The fraction of sp³-hybridized carbons (Fsp3) is 0.133. The first-order chi connectivity index (χ1) is 30.7. The Hall–Kier alpha value is -9.05. The third-order valence-corrected chi connectivity index (χ3v) is 9.03. The summed E-state index contributed by atoms with van der Waals surface area (Å²) in [4.78, 5) is 75.6. The van der Waals surface area contributed by atoms with Crippen molar-refractivity contribution in [2.75, 3.05) is 48.8 Å². The number of nitriles is 1. The molecule has 0 spiro atoms. The summed E-state index contributed by atoms with van der Waals surface area (Å²) in [5.74, 6) is -5.00. The van der Waals surface area contributed by atoms with Crippen molar-refractivity contribution in [3.05, 3.63) is 124 Å². The molecular formula is C45H40N6O13. The molecule has 1 aliphatic heterocycles. The van der Waals surface area contributed by atoms with E-state index < -0.39 is 46.7 Å². The van der Waals surface area contributed by atoms with Crippen molar-refractivity contribution in [1.29, 1.82) is 5.26 Å². The molecular weight excluding hydrogens is 833 g/mol. The van der Waals surface area contributed by atoms with Crippen molar-refractivity contribution < 1.29 is 63.0 Å². The summed E-state index contributed by atoms with van der Waals surface area (Å²) in [5, 5.41) is 50.7. The number of aromatic hydroxyl groups is 2. The van der Waals surface area contributed by atoms with Gasteiger partial charge in [-0.05, 0) is 103 Å². The maximum Gasteiger partial charge on any atom is 0.339 e. The number of amides is 5. The molecule has 19 heteroatoms. The highest BCUT2D eigenvalue weighted by atomic mass is 16.7. The Bertz CT molecular complexity index is 2690. The number of phenolic OH excluding ortho intramolecular Hbond substituents is 1. The largest absolute Gasteiger partial charge is 0.504 e. The van der Waals surface area contributed by atoms with Gasteiger partial charge in [-0.25, -0.2) is 4.79 Å². The molecule has 5 amide bonds. The number of methoxy groups -OCH3 is 2. The summed E-state index contributed by atoms with van der Waals surface area (Å²) in [5.41, 5.74) is 1.59. The quantitative estimate of drug-likeness (QED) is 0.0596. The van der Waals surface area contributed by atoms with E-state index >= 15 is 0 Å². The zero-order valence-electron chi connectivity index (χ0n) is 34.5. The van der Waals surface area contributed by atoms with Gasteiger partial charge in [-0.15, -0.1) is 0 Å². The normalized spacial score (nSPS) is 11.1. The molecule has 0 saturated carbocycles. The van der Waals surface area contributed by atoms with Gasteiger partial charge in [-0.2, -0.15) is 5.26 Å². The van der Waals surface area contributed by atoms with Gasteiger partial charge < -0.3 is 60.9 Å². The summed E-state index contributed by atoms with van der Waals surface area (Å²) in [7, 11) is 2.38. The average Bonchev–Trinajstić information content (AvgIpc) is 3.74. The van der Waals surface area contributed by atoms with Crippen LogP contribution in [0.2, 0.25) is 0 Å². The number of nitrogens with zero attached hydrogens (tertiary/aromatic N) is 1. The molecule has 0 unspecified atom stereocenters. The smallest absolute Gasteiger partial charge is 0.339 e. The van der Waals surface area contributed by atoms with Crippen molar-refractivity contribution in [3.63, 3.8) is 0 Å². The molecule has 8 N–H and O–H groups in total. The van der Waals surface area contributed by atoms with Crippen LogP contribution in [0.3, 0.4) is 0 Å². The number of anilines is 4. The van der Waals surface area contributed by atoms with Gasteiger partial charge in [-0.3, -0.25) is 24.0 Å². The first kappa shape index (κ1) is 46.0. The van der Waals surface area contributed by atoms with E-state index in [4.69, 9.17) is 24.2 Å². The summed E-state index contributed by atoms with van der Waals surface area (Å²) in [6.45, 7) is 2.88. The Morgan fingerprint density at radius 1 is 0.688 bits per heavy atom. The Morgan fingerprint density at radius 2 is 1.20 bits per heavy atom. The van der Waals surface area contributed by atoms with Gasteiger partial charge in [0.25, 0.3) is 23.6 Å². The lowest BCUT2D eigenvalue weighted by molar-refractivity contribution is -0.115. The summed E-state index contributed by atoms with van der Waals surface area (Å²) >= 11 is 0. The average molecular weight is 873 g/mol. The van der Waals surface area contributed by atoms with Crippen LogP contribution in [-0.4, -0.2) is 78.4 Å². The molecule has 0 aliphatic carbocycles. The third-order valence-electron chi connectivity index (χ3n) is 9.03. The van der Waals surface area contributed by atoms with Crippen LogP contribution in [0.1, 0.15) is 60.8 Å². The second kappa shape index (κ2) is 21.0. The molecule has 64 heavy (non-hydrogen) atoms. The van der Waals surface area contributed by atoms with Gasteiger partial charge in [0.2, 0.25) is 12.7 Å². The van der Waals surface area contributed by atoms with Crippen LogP contribution in [0.15, 0.2) is 96.6 Å². The summed E-state index contributed by atoms with van der Waals surface area (Å²) in [6.07, 6.45) is 1.71. The Morgan fingerprint density at radius 3 is 1.78 bits per heavy atom. The van der Waals surface area contributed by atoms with E-state index in [0.29, 0.717) is 28.4 Å². The predicted molar refractivity (Wildman–Crippen MR) is 232 cm³/mol. The van der Waals surface area contributed by atoms with Crippen LogP contribution >= 0.6 is 0 Å². The maximum atomic E-state index is 13.1. The molecule has 1 heterocycles. The second-order valence-electron chi connectivity index (χ2n) is 13.3. The van der Waals surface area contributed by atoms with Crippen LogP contribution in [0.4, 0.5) is 22.7 Å². The minimum atomic E-state index is -1.42. The minimum Gasteiger partial charge on any atom is -0.504 e. The van der Waals surface area contributed by atoms with E-state index in [1.807, 2.05) is 6.07 Å². The molecule has 6 rings (SSSR count). The lowest BCUT2D eigenvalue weighted by Gasteiger charge is -2.16. The number of nitrogens with one attached hydrogen (secondary N) is 5. The van der Waals surface area contributed by atoms with Gasteiger partial charge in [0, 0.05) is 35.0 Å². The Labute approximate surface area is 364 Å². The number of phenols is 2. The van der Waals surface area contributed by atoms with E-state index in [9.17, 15) is 44.1 Å². The monoisotopic (exact) mass is 872 g/mol. The molecule has 0 atom stereocenters. The van der Waals surface area contributed by atoms with Crippen molar-refractivity contribution in [3.8, 4) is 40.6 Å². The summed E-state index contributed by atoms with van der Waals surface area (Å²) in [6, 6.07) is 23.8. The molecule has 0 saturated heterocycles. The van der Waals surface area contributed by atoms with E-state index in [-0.39, 0.29) is 58.8 Å². The zero-order chi connectivity index (χ0) is 46.5. The Kier molecular flexibility index (Phi) is 15.1. The number of ether oxygens (including phenoxy) is 4. The van der Waals surface area contributed by atoms with Crippen LogP contribution in [0.25, 0.3) is 6.08 Å². The van der Waals surface area contributed by atoms with E-state index in [2.05, 4.69) is 26.6 Å². The molecule has 0 fully saturated rings. The maximum absolute atomic E-state index is 13.1. The third kappa shape index (κ3) is 11.2. The number of carboxylic acid groups (broad SMARTS) is 1. The molecule has 5 aromatic rings. The Balaban J connectivity index is 0.00000250. The van der Waals surface area contributed by atoms with Crippen LogP contribution < -0.4 is 45.5 Å². The van der Waals surface area contributed by atoms with Crippen molar-refractivity contribution in [1.82, 2.24) is 5.32 Å². The fourth-order valence-electron chi connectivity index (χ4n) is 5.92. The highest BCUT2D eigenvalue weighted by Crippen LogP contribution is 2.41. The molecule has 0 aromatic heterocycles. The van der Waals surface area contributed by atoms with Crippen LogP contribution in [0.5, 0.6) is 34.5 Å². The number of carbonyl (C=O) groups excluding carboxylic acids is 5. The van der Waals surface area contributed by atoms with Gasteiger partial charge in [0.1, 0.15) is 5.56 Å². The molecule has 19 nitrogen and oxygen atoms in total.